The number of nitrogens with zero attached hydrogens (tertiary/aromatic N) is 1. The Hall–Kier alpha value is -0.350. The van der Waals surface area contributed by atoms with E-state index < -0.39 is 0 Å². The number of piperazine rings is 1. The minimum Gasteiger partial charge on any atom is -0.314 e. The van der Waals surface area contributed by atoms with Gasteiger partial charge in [0, 0.05) is 37.2 Å². The minimum atomic E-state index is -0.185. The third kappa shape index (κ3) is 3.85. The monoisotopic (exact) mass is 318 g/mol. The Morgan fingerprint density at radius 2 is 2.00 bits per heavy atom. The third-order valence-corrected chi connectivity index (χ3v) is 4.51. The molecule has 1 aromatic carbocycles. The summed E-state index contributed by atoms with van der Waals surface area (Å²) in [6, 6.07) is 5.03. The average molecular weight is 319 g/mol. The Balaban J connectivity index is 0.00000147. The van der Waals surface area contributed by atoms with E-state index >= 15 is 0 Å². The highest BCUT2D eigenvalue weighted by Gasteiger charge is 2.31. The third-order valence-electron chi connectivity index (χ3n) is 4.16. The number of nitrogens with one attached hydrogen (secondary N) is 1. The zero-order valence-corrected chi connectivity index (χ0v) is 13.0. The van der Waals surface area contributed by atoms with Crippen LogP contribution < -0.4 is 5.32 Å². The molecule has 1 heterocycles. The molecule has 0 spiro atoms. The van der Waals surface area contributed by atoms with Crippen molar-refractivity contribution in [2.45, 2.75) is 25.3 Å². The first kappa shape index (κ1) is 16.0. The van der Waals surface area contributed by atoms with Gasteiger partial charge in [-0.15, -0.1) is 12.4 Å². The maximum Gasteiger partial charge on any atom is 0.123 e. The predicted molar refractivity (Wildman–Crippen MR) is 83.2 cm³/mol. The fourth-order valence-electron chi connectivity index (χ4n) is 2.91. The molecule has 1 atom stereocenters. The van der Waals surface area contributed by atoms with Crippen LogP contribution in [0.15, 0.2) is 18.2 Å². The van der Waals surface area contributed by atoms with Gasteiger partial charge in [0.25, 0.3) is 0 Å². The van der Waals surface area contributed by atoms with Crippen LogP contribution in [0.1, 0.15) is 30.9 Å². The van der Waals surface area contributed by atoms with Gasteiger partial charge in [-0.3, -0.25) is 4.90 Å². The van der Waals surface area contributed by atoms with Crippen molar-refractivity contribution in [2.75, 3.05) is 26.2 Å². The smallest absolute Gasteiger partial charge is 0.123 e. The molecule has 0 bridgehead atoms. The number of rotatable bonds is 4. The topological polar surface area (TPSA) is 15.3 Å². The lowest BCUT2D eigenvalue weighted by molar-refractivity contribution is 0.160. The molecular weight excluding hydrogens is 298 g/mol. The van der Waals surface area contributed by atoms with Gasteiger partial charge < -0.3 is 5.32 Å². The van der Waals surface area contributed by atoms with Gasteiger partial charge in [-0.05, 0) is 36.1 Å². The molecule has 0 unspecified atom stereocenters. The van der Waals surface area contributed by atoms with E-state index in [1.54, 1.807) is 12.1 Å². The van der Waals surface area contributed by atoms with Crippen LogP contribution in [-0.4, -0.2) is 31.1 Å². The average Bonchev–Trinajstić information content (AvgIpc) is 3.24. The number of halogens is 3. The highest BCUT2D eigenvalue weighted by atomic mass is 35.5. The molecule has 2 aliphatic rings. The van der Waals surface area contributed by atoms with E-state index in [1.165, 1.54) is 18.9 Å². The van der Waals surface area contributed by atoms with Gasteiger partial charge in [0.15, 0.2) is 0 Å². The van der Waals surface area contributed by atoms with Crippen molar-refractivity contribution >= 4 is 24.0 Å². The summed E-state index contributed by atoms with van der Waals surface area (Å²) in [4.78, 5) is 2.45. The number of benzene rings is 1. The Kier molecular flexibility index (Phi) is 5.67. The molecule has 2 fully saturated rings. The molecule has 1 saturated heterocycles. The Morgan fingerprint density at radius 3 is 2.65 bits per heavy atom. The molecule has 3 rings (SSSR count). The molecular formula is C15H21Cl2FN2. The Bertz CT molecular complexity index is 445. The van der Waals surface area contributed by atoms with Gasteiger partial charge in [-0.1, -0.05) is 24.4 Å². The fraction of sp³-hybridized carbons (Fsp3) is 0.600. The van der Waals surface area contributed by atoms with Crippen molar-refractivity contribution in [3.05, 3.63) is 34.6 Å². The predicted octanol–water partition coefficient (Wildman–Crippen LogP) is 3.65. The fourth-order valence-corrected chi connectivity index (χ4v) is 3.15. The molecule has 5 heteroatoms. The summed E-state index contributed by atoms with van der Waals surface area (Å²) in [5, 5.41) is 4.07. The van der Waals surface area contributed by atoms with Crippen molar-refractivity contribution in [2.24, 2.45) is 5.92 Å². The van der Waals surface area contributed by atoms with Crippen LogP contribution in [-0.2, 0) is 0 Å². The van der Waals surface area contributed by atoms with Crippen LogP contribution >= 0.6 is 24.0 Å². The standard InChI is InChI=1S/C15H20ClFN2.ClH/c16-14-4-3-12(17)10-13(14)15(9-11-1-2-11)19-7-5-18-6-8-19;/h3-4,10-11,15,18H,1-2,5-9H2;1H/t15-;/m0./s1. The van der Waals surface area contributed by atoms with Crippen LogP contribution in [0.3, 0.4) is 0 Å². The maximum absolute atomic E-state index is 13.5. The molecule has 0 aromatic heterocycles. The van der Waals surface area contributed by atoms with E-state index in [2.05, 4.69) is 10.2 Å². The summed E-state index contributed by atoms with van der Waals surface area (Å²) < 4.78 is 13.5. The van der Waals surface area contributed by atoms with E-state index in [0.717, 1.165) is 44.1 Å². The summed E-state index contributed by atoms with van der Waals surface area (Å²) in [6.07, 6.45) is 3.74. The van der Waals surface area contributed by atoms with Crippen molar-refractivity contribution in [1.82, 2.24) is 10.2 Å². The lowest BCUT2D eigenvalue weighted by Gasteiger charge is -2.35. The molecule has 0 amide bonds. The van der Waals surface area contributed by atoms with Crippen molar-refractivity contribution in [3.63, 3.8) is 0 Å². The molecule has 112 valence electrons. The second kappa shape index (κ2) is 7.08. The molecule has 1 aromatic rings. The van der Waals surface area contributed by atoms with Gasteiger partial charge in [-0.25, -0.2) is 4.39 Å². The van der Waals surface area contributed by atoms with E-state index in [4.69, 9.17) is 11.6 Å². The number of hydrogen-bond donors (Lipinski definition) is 1. The molecule has 1 saturated carbocycles. The second-order valence-electron chi connectivity index (χ2n) is 5.65. The van der Waals surface area contributed by atoms with Crippen molar-refractivity contribution in [3.8, 4) is 0 Å². The quantitative estimate of drug-likeness (QED) is 0.911. The van der Waals surface area contributed by atoms with Gasteiger partial charge in [0.05, 0.1) is 0 Å². The molecule has 1 aliphatic heterocycles. The maximum atomic E-state index is 13.5. The molecule has 1 aliphatic carbocycles. The highest BCUT2D eigenvalue weighted by molar-refractivity contribution is 6.31. The van der Waals surface area contributed by atoms with E-state index in [-0.39, 0.29) is 24.3 Å². The van der Waals surface area contributed by atoms with E-state index in [1.807, 2.05) is 0 Å². The summed E-state index contributed by atoms with van der Waals surface area (Å²) >= 11 is 6.31. The van der Waals surface area contributed by atoms with Crippen LogP contribution in [0.4, 0.5) is 4.39 Å². The summed E-state index contributed by atoms with van der Waals surface area (Å²) in [5.41, 5.74) is 0.968. The van der Waals surface area contributed by atoms with Crippen molar-refractivity contribution < 1.29 is 4.39 Å². The van der Waals surface area contributed by atoms with Crippen LogP contribution in [0.5, 0.6) is 0 Å². The largest absolute Gasteiger partial charge is 0.314 e. The first-order valence-electron chi connectivity index (χ1n) is 7.14. The van der Waals surface area contributed by atoms with Gasteiger partial charge >= 0.3 is 0 Å². The molecule has 0 radical (unpaired) electrons. The lowest BCUT2D eigenvalue weighted by Crippen LogP contribution is -2.45. The van der Waals surface area contributed by atoms with Gasteiger partial charge in [0.2, 0.25) is 0 Å². The van der Waals surface area contributed by atoms with Crippen molar-refractivity contribution in [1.29, 1.82) is 0 Å². The molecule has 1 N–H and O–H groups in total. The lowest BCUT2D eigenvalue weighted by atomic mass is 9.98. The van der Waals surface area contributed by atoms with Crippen LogP contribution in [0.2, 0.25) is 5.02 Å². The SMILES string of the molecule is Cl.Fc1ccc(Cl)c([C@H](CC2CC2)N2CCNCC2)c1. The zero-order chi connectivity index (χ0) is 13.2. The second-order valence-corrected chi connectivity index (χ2v) is 6.05. The van der Waals surface area contributed by atoms with Gasteiger partial charge in [0.1, 0.15) is 5.82 Å². The first-order valence-corrected chi connectivity index (χ1v) is 7.51. The normalized spacial score (nSPS) is 21.3. The van der Waals surface area contributed by atoms with Crippen LogP contribution in [0.25, 0.3) is 0 Å². The van der Waals surface area contributed by atoms with E-state index in [9.17, 15) is 4.39 Å². The van der Waals surface area contributed by atoms with Crippen LogP contribution in [0, 0.1) is 11.7 Å². The highest BCUT2D eigenvalue weighted by Crippen LogP contribution is 2.41. The minimum absolute atomic E-state index is 0. The number of hydrogen-bond acceptors (Lipinski definition) is 2. The summed E-state index contributed by atoms with van der Waals surface area (Å²) in [7, 11) is 0. The first-order chi connectivity index (χ1) is 9.24. The summed E-state index contributed by atoms with van der Waals surface area (Å²) in [5.74, 6) is 0.620. The zero-order valence-electron chi connectivity index (χ0n) is 11.4. The molecule has 2 nitrogen and oxygen atoms in total. The Morgan fingerprint density at radius 1 is 1.30 bits per heavy atom. The summed E-state index contributed by atoms with van der Waals surface area (Å²) in [6.45, 7) is 4.05. The molecule has 20 heavy (non-hydrogen) atoms. The van der Waals surface area contributed by atoms with Gasteiger partial charge in [-0.2, -0.15) is 0 Å². The Labute approximate surface area is 131 Å². The van der Waals surface area contributed by atoms with E-state index in [0.29, 0.717) is 5.02 Å².